The average Bonchev–Trinajstić information content (AvgIpc) is 2.87. The van der Waals surface area contributed by atoms with Crippen molar-refractivity contribution in [1.29, 1.82) is 0 Å². The first-order chi connectivity index (χ1) is 9.33. The Morgan fingerprint density at radius 2 is 1.95 bits per heavy atom. The summed E-state index contributed by atoms with van der Waals surface area (Å²) in [5, 5.41) is 7.06. The molecule has 2 heterocycles. The molecule has 19 heavy (non-hydrogen) atoms. The third kappa shape index (κ3) is 2.77. The highest BCUT2D eigenvalue weighted by atomic mass is 16.5. The molecule has 100 valence electrons. The molecule has 1 aliphatic rings. The molecule has 1 fully saturated rings. The SMILES string of the molecule is Nc1oncc1-c1ccc(CN2CCNCC2)cc1. The van der Waals surface area contributed by atoms with Gasteiger partial charge in [0.1, 0.15) is 0 Å². The number of piperazine rings is 1. The molecule has 2 aromatic rings. The maximum atomic E-state index is 5.72. The van der Waals surface area contributed by atoms with Crippen molar-refractivity contribution in [2.75, 3.05) is 31.9 Å². The molecule has 1 aromatic carbocycles. The van der Waals surface area contributed by atoms with E-state index in [-0.39, 0.29) is 0 Å². The lowest BCUT2D eigenvalue weighted by Crippen LogP contribution is -2.42. The van der Waals surface area contributed by atoms with Gasteiger partial charge in [-0.15, -0.1) is 0 Å². The number of hydrogen-bond acceptors (Lipinski definition) is 5. The molecular weight excluding hydrogens is 240 g/mol. The largest absolute Gasteiger partial charge is 0.367 e. The summed E-state index contributed by atoms with van der Waals surface area (Å²) in [6, 6.07) is 8.43. The van der Waals surface area contributed by atoms with Crippen molar-refractivity contribution in [2.24, 2.45) is 0 Å². The minimum absolute atomic E-state index is 0.370. The first kappa shape index (κ1) is 12.2. The third-order valence-corrected chi connectivity index (χ3v) is 3.48. The lowest BCUT2D eigenvalue weighted by Gasteiger charge is -2.27. The lowest BCUT2D eigenvalue weighted by atomic mass is 10.1. The Labute approximate surface area is 112 Å². The van der Waals surface area contributed by atoms with Crippen LogP contribution in [-0.2, 0) is 6.54 Å². The Morgan fingerprint density at radius 1 is 1.21 bits per heavy atom. The Kier molecular flexibility index (Phi) is 3.48. The van der Waals surface area contributed by atoms with Crippen LogP contribution in [0.5, 0.6) is 0 Å². The van der Waals surface area contributed by atoms with Crippen LogP contribution < -0.4 is 11.1 Å². The van der Waals surface area contributed by atoms with Gasteiger partial charge in [-0.05, 0) is 11.1 Å². The van der Waals surface area contributed by atoms with Crippen molar-refractivity contribution in [3.05, 3.63) is 36.0 Å². The average molecular weight is 258 g/mol. The Balaban J connectivity index is 1.70. The van der Waals surface area contributed by atoms with Gasteiger partial charge >= 0.3 is 0 Å². The van der Waals surface area contributed by atoms with Gasteiger partial charge < -0.3 is 15.6 Å². The van der Waals surface area contributed by atoms with E-state index in [1.807, 2.05) is 0 Å². The third-order valence-electron chi connectivity index (χ3n) is 3.48. The molecule has 0 radical (unpaired) electrons. The highest BCUT2D eigenvalue weighted by Gasteiger charge is 2.10. The van der Waals surface area contributed by atoms with Gasteiger partial charge in [-0.1, -0.05) is 29.4 Å². The molecule has 3 rings (SSSR count). The summed E-state index contributed by atoms with van der Waals surface area (Å²) in [6.07, 6.45) is 1.65. The second-order valence-electron chi connectivity index (χ2n) is 4.83. The second-order valence-corrected chi connectivity index (χ2v) is 4.83. The molecule has 0 aliphatic carbocycles. The number of nitrogens with one attached hydrogen (secondary N) is 1. The van der Waals surface area contributed by atoms with Crippen LogP contribution >= 0.6 is 0 Å². The van der Waals surface area contributed by atoms with E-state index in [9.17, 15) is 0 Å². The van der Waals surface area contributed by atoms with Gasteiger partial charge in [-0.2, -0.15) is 0 Å². The summed E-state index contributed by atoms with van der Waals surface area (Å²) in [7, 11) is 0. The molecule has 1 saturated heterocycles. The summed E-state index contributed by atoms with van der Waals surface area (Å²) < 4.78 is 4.88. The van der Waals surface area contributed by atoms with Crippen molar-refractivity contribution in [1.82, 2.24) is 15.4 Å². The molecule has 5 heteroatoms. The quantitative estimate of drug-likeness (QED) is 0.869. The zero-order valence-corrected chi connectivity index (χ0v) is 10.8. The Bertz CT molecular complexity index is 529. The first-order valence-electron chi connectivity index (χ1n) is 6.55. The first-order valence-corrected chi connectivity index (χ1v) is 6.55. The van der Waals surface area contributed by atoms with Crippen LogP contribution in [0.3, 0.4) is 0 Å². The molecular formula is C14H18N4O. The van der Waals surface area contributed by atoms with E-state index >= 15 is 0 Å². The van der Waals surface area contributed by atoms with Crippen LogP contribution in [0.1, 0.15) is 5.56 Å². The molecule has 1 aromatic heterocycles. The van der Waals surface area contributed by atoms with E-state index in [0.717, 1.165) is 43.9 Å². The number of nitrogens with two attached hydrogens (primary N) is 1. The van der Waals surface area contributed by atoms with Crippen LogP contribution in [-0.4, -0.2) is 36.2 Å². The molecule has 3 N–H and O–H groups in total. The molecule has 0 saturated carbocycles. The molecule has 0 bridgehead atoms. The summed E-state index contributed by atoms with van der Waals surface area (Å²) >= 11 is 0. The summed E-state index contributed by atoms with van der Waals surface area (Å²) in [5.41, 5.74) is 8.94. The maximum Gasteiger partial charge on any atom is 0.229 e. The van der Waals surface area contributed by atoms with E-state index < -0.39 is 0 Å². The monoisotopic (exact) mass is 258 g/mol. The topological polar surface area (TPSA) is 67.3 Å². The van der Waals surface area contributed by atoms with Gasteiger partial charge in [0.25, 0.3) is 0 Å². The summed E-state index contributed by atoms with van der Waals surface area (Å²) in [4.78, 5) is 2.46. The minimum atomic E-state index is 0.370. The van der Waals surface area contributed by atoms with Gasteiger partial charge in [-0.25, -0.2) is 0 Å². The smallest absolute Gasteiger partial charge is 0.229 e. The number of aromatic nitrogens is 1. The van der Waals surface area contributed by atoms with Crippen LogP contribution in [0.15, 0.2) is 35.0 Å². The fourth-order valence-electron chi connectivity index (χ4n) is 2.38. The van der Waals surface area contributed by atoms with Gasteiger partial charge in [-0.3, -0.25) is 4.90 Å². The highest BCUT2D eigenvalue weighted by Crippen LogP contribution is 2.25. The molecule has 0 unspecified atom stereocenters. The van der Waals surface area contributed by atoms with Gasteiger partial charge in [0.2, 0.25) is 5.88 Å². The van der Waals surface area contributed by atoms with Crippen molar-refractivity contribution in [3.8, 4) is 11.1 Å². The highest BCUT2D eigenvalue weighted by molar-refractivity contribution is 5.71. The van der Waals surface area contributed by atoms with Gasteiger partial charge in [0.15, 0.2) is 0 Å². The fraction of sp³-hybridized carbons (Fsp3) is 0.357. The van der Waals surface area contributed by atoms with Crippen LogP contribution in [0, 0.1) is 0 Å². The Morgan fingerprint density at radius 3 is 2.58 bits per heavy atom. The lowest BCUT2D eigenvalue weighted by molar-refractivity contribution is 0.233. The van der Waals surface area contributed by atoms with Crippen molar-refractivity contribution < 1.29 is 4.52 Å². The van der Waals surface area contributed by atoms with Gasteiger partial charge in [0.05, 0.1) is 11.8 Å². The van der Waals surface area contributed by atoms with E-state index in [0.29, 0.717) is 5.88 Å². The number of benzene rings is 1. The van der Waals surface area contributed by atoms with E-state index in [1.165, 1.54) is 5.56 Å². The Hall–Kier alpha value is -1.85. The molecule has 1 aliphatic heterocycles. The number of anilines is 1. The zero-order chi connectivity index (χ0) is 13.1. The maximum absolute atomic E-state index is 5.72. The summed E-state index contributed by atoms with van der Waals surface area (Å²) in [5.74, 6) is 0.370. The molecule has 0 amide bonds. The fourth-order valence-corrected chi connectivity index (χ4v) is 2.38. The predicted octanol–water partition coefficient (Wildman–Crippen LogP) is 1.33. The minimum Gasteiger partial charge on any atom is -0.367 e. The number of rotatable bonds is 3. The van der Waals surface area contributed by atoms with Crippen molar-refractivity contribution >= 4 is 5.88 Å². The number of hydrogen-bond donors (Lipinski definition) is 2. The molecule has 5 nitrogen and oxygen atoms in total. The second kappa shape index (κ2) is 5.42. The van der Waals surface area contributed by atoms with Gasteiger partial charge in [0, 0.05) is 32.7 Å². The van der Waals surface area contributed by atoms with Crippen molar-refractivity contribution in [3.63, 3.8) is 0 Å². The number of nitrogens with zero attached hydrogens (tertiary/aromatic N) is 2. The normalized spacial score (nSPS) is 16.6. The van der Waals surface area contributed by atoms with Crippen LogP contribution in [0.2, 0.25) is 0 Å². The zero-order valence-electron chi connectivity index (χ0n) is 10.8. The van der Waals surface area contributed by atoms with E-state index in [2.05, 4.69) is 39.6 Å². The van der Waals surface area contributed by atoms with Crippen LogP contribution in [0.4, 0.5) is 5.88 Å². The summed E-state index contributed by atoms with van der Waals surface area (Å²) in [6.45, 7) is 5.38. The van der Waals surface area contributed by atoms with E-state index in [1.54, 1.807) is 6.20 Å². The van der Waals surface area contributed by atoms with Crippen molar-refractivity contribution in [2.45, 2.75) is 6.54 Å². The standard InChI is InChI=1S/C14H18N4O/c15-14-13(9-17-19-14)12-3-1-11(2-4-12)10-18-7-5-16-6-8-18/h1-4,9,16H,5-8,10,15H2. The molecule has 0 atom stereocenters. The predicted molar refractivity (Wildman–Crippen MR) is 74.5 cm³/mol. The molecule has 0 spiro atoms. The van der Waals surface area contributed by atoms with E-state index in [4.69, 9.17) is 10.3 Å². The van der Waals surface area contributed by atoms with Crippen LogP contribution in [0.25, 0.3) is 11.1 Å². The number of nitrogen functional groups attached to an aromatic ring is 1.